The predicted molar refractivity (Wildman–Crippen MR) is 102 cm³/mol. The Labute approximate surface area is 161 Å². The fourth-order valence-electron chi connectivity index (χ4n) is 2.47. The minimum absolute atomic E-state index is 0.111. The van der Waals surface area contributed by atoms with Crippen LogP contribution in [0.4, 0.5) is 0 Å². The van der Waals surface area contributed by atoms with Crippen molar-refractivity contribution < 1.29 is 14.0 Å². The normalized spacial score (nSPS) is 10.6. The van der Waals surface area contributed by atoms with Crippen LogP contribution in [0.5, 0.6) is 0 Å². The van der Waals surface area contributed by atoms with Gasteiger partial charge in [-0.25, -0.2) is 4.98 Å². The van der Waals surface area contributed by atoms with Crippen molar-refractivity contribution in [2.45, 2.75) is 19.4 Å². The summed E-state index contributed by atoms with van der Waals surface area (Å²) < 4.78 is 5.68. The maximum atomic E-state index is 12.0. The standard InChI is InChI=1S/C20H18ClN3O3/c21-16-7-5-14(6-8-16)17-12-24-19(27-17)10-9-18(25)23-11-13-1-3-15(4-2-13)20(22)26/h1-8,12H,9-11H2,(H2,22,26)(H,23,25). The number of amides is 2. The molecule has 0 aliphatic rings. The van der Waals surface area contributed by atoms with Crippen LogP contribution in [0.3, 0.4) is 0 Å². The van der Waals surface area contributed by atoms with E-state index in [-0.39, 0.29) is 12.3 Å². The molecule has 3 N–H and O–H groups in total. The lowest BCUT2D eigenvalue weighted by Gasteiger charge is -2.05. The van der Waals surface area contributed by atoms with Gasteiger partial charge in [-0.3, -0.25) is 9.59 Å². The summed E-state index contributed by atoms with van der Waals surface area (Å²) in [6, 6.07) is 14.0. The van der Waals surface area contributed by atoms with Crippen LogP contribution in [0.25, 0.3) is 11.3 Å². The molecule has 138 valence electrons. The first-order valence-corrected chi connectivity index (χ1v) is 8.75. The highest BCUT2D eigenvalue weighted by Gasteiger charge is 2.09. The minimum Gasteiger partial charge on any atom is -0.441 e. The van der Waals surface area contributed by atoms with Crippen LogP contribution in [-0.4, -0.2) is 16.8 Å². The number of nitrogens with two attached hydrogens (primary N) is 1. The zero-order valence-electron chi connectivity index (χ0n) is 14.4. The van der Waals surface area contributed by atoms with Crippen LogP contribution >= 0.6 is 11.6 Å². The first kappa shape index (κ1) is 18.7. The Morgan fingerprint density at radius 3 is 2.44 bits per heavy atom. The molecule has 2 aromatic carbocycles. The molecule has 0 aliphatic heterocycles. The number of oxazole rings is 1. The van der Waals surface area contributed by atoms with Crippen molar-refractivity contribution in [1.82, 2.24) is 10.3 Å². The van der Waals surface area contributed by atoms with E-state index in [1.54, 1.807) is 42.6 Å². The third-order valence-corrected chi connectivity index (χ3v) is 4.23. The molecule has 3 rings (SSSR count). The molecule has 0 fully saturated rings. The molecule has 3 aromatic rings. The Bertz CT molecular complexity index is 934. The molecule has 0 saturated carbocycles. The fourth-order valence-corrected chi connectivity index (χ4v) is 2.60. The molecule has 1 aromatic heterocycles. The first-order chi connectivity index (χ1) is 13.0. The van der Waals surface area contributed by atoms with Gasteiger partial charge in [-0.2, -0.15) is 0 Å². The lowest BCUT2D eigenvalue weighted by molar-refractivity contribution is -0.121. The molecule has 0 radical (unpaired) electrons. The van der Waals surface area contributed by atoms with Gasteiger partial charge in [-0.15, -0.1) is 0 Å². The first-order valence-electron chi connectivity index (χ1n) is 8.37. The highest BCUT2D eigenvalue weighted by Crippen LogP contribution is 2.22. The van der Waals surface area contributed by atoms with Crippen molar-refractivity contribution >= 4 is 23.4 Å². The molecular formula is C20H18ClN3O3. The summed E-state index contributed by atoms with van der Waals surface area (Å²) in [4.78, 5) is 27.3. The SMILES string of the molecule is NC(=O)c1ccc(CNC(=O)CCc2ncc(-c3ccc(Cl)cc3)o2)cc1. The number of halogens is 1. The predicted octanol–water partition coefficient (Wildman–Crippen LogP) is 3.34. The number of carbonyl (C=O) groups is 2. The van der Waals surface area contributed by atoms with Gasteiger partial charge in [0.25, 0.3) is 0 Å². The maximum Gasteiger partial charge on any atom is 0.248 e. The minimum atomic E-state index is -0.477. The second-order valence-corrected chi connectivity index (χ2v) is 6.40. The van der Waals surface area contributed by atoms with Crippen molar-refractivity contribution in [2.75, 3.05) is 0 Å². The van der Waals surface area contributed by atoms with E-state index < -0.39 is 5.91 Å². The summed E-state index contributed by atoms with van der Waals surface area (Å²) in [5.41, 5.74) is 7.39. The molecule has 1 heterocycles. The maximum absolute atomic E-state index is 12.0. The quantitative estimate of drug-likeness (QED) is 0.653. The molecule has 7 heteroatoms. The molecule has 0 spiro atoms. The second-order valence-electron chi connectivity index (χ2n) is 5.96. The van der Waals surface area contributed by atoms with Crippen molar-refractivity contribution in [3.05, 3.63) is 76.8 Å². The molecule has 0 atom stereocenters. The Kier molecular flexibility index (Phi) is 5.88. The molecule has 0 unspecified atom stereocenters. The number of nitrogens with zero attached hydrogens (tertiary/aromatic N) is 1. The topological polar surface area (TPSA) is 98.2 Å². The number of carbonyl (C=O) groups excluding carboxylic acids is 2. The van der Waals surface area contributed by atoms with Crippen molar-refractivity contribution in [3.8, 4) is 11.3 Å². The molecular weight excluding hydrogens is 366 g/mol. The van der Waals surface area contributed by atoms with Gasteiger partial charge >= 0.3 is 0 Å². The summed E-state index contributed by atoms with van der Waals surface area (Å²) in [6.45, 7) is 0.374. The molecule has 2 amide bonds. The molecule has 0 saturated heterocycles. The Morgan fingerprint density at radius 2 is 1.78 bits per heavy atom. The second kappa shape index (κ2) is 8.51. The highest BCUT2D eigenvalue weighted by molar-refractivity contribution is 6.30. The largest absolute Gasteiger partial charge is 0.441 e. The number of hydrogen-bond acceptors (Lipinski definition) is 4. The van der Waals surface area contributed by atoms with E-state index in [2.05, 4.69) is 10.3 Å². The van der Waals surface area contributed by atoms with Gasteiger partial charge in [0.2, 0.25) is 11.8 Å². The zero-order valence-corrected chi connectivity index (χ0v) is 15.2. The van der Waals surface area contributed by atoms with E-state index in [1.807, 2.05) is 12.1 Å². The number of benzene rings is 2. The van der Waals surface area contributed by atoms with Crippen LogP contribution < -0.4 is 11.1 Å². The van der Waals surface area contributed by atoms with E-state index in [1.165, 1.54) is 0 Å². The van der Waals surface area contributed by atoms with E-state index >= 15 is 0 Å². The number of aromatic nitrogens is 1. The van der Waals surface area contributed by atoms with Crippen molar-refractivity contribution in [1.29, 1.82) is 0 Å². The van der Waals surface area contributed by atoms with Gasteiger partial charge < -0.3 is 15.5 Å². The monoisotopic (exact) mass is 383 g/mol. The third kappa shape index (κ3) is 5.18. The lowest BCUT2D eigenvalue weighted by atomic mass is 10.1. The van der Waals surface area contributed by atoms with Crippen molar-refractivity contribution in [2.24, 2.45) is 5.73 Å². The van der Waals surface area contributed by atoms with Crippen LogP contribution in [0, 0.1) is 0 Å². The van der Waals surface area contributed by atoms with E-state index in [0.717, 1.165) is 11.1 Å². The fraction of sp³-hybridized carbons (Fsp3) is 0.150. The summed E-state index contributed by atoms with van der Waals surface area (Å²) >= 11 is 5.87. The molecule has 0 bridgehead atoms. The Hall–Kier alpha value is -3.12. The van der Waals surface area contributed by atoms with Gasteiger partial charge in [0.15, 0.2) is 11.7 Å². The Morgan fingerprint density at radius 1 is 1.07 bits per heavy atom. The number of nitrogens with one attached hydrogen (secondary N) is 1. The number of aryl methyl sites for hydroxylation is 1. The molecule has 0 aliphatic carbocycles. The van der Waals surface area contributed by atoms with Gasteiger partial charge in [-0.1, -0.05) is 23.7 Å². The summed E-state index contributed by atoms with van der Waals surface area (Å²) in [5.74, 6) is 0.548. The lowest BCUT2D eigenvalue weighted by Crippen LogP contribution is -2.23. The molecule has 6 nitrogen and oxygen atoms in total. The number of rotatable bonds is 7. The van der Waals surface area contributed by atoms with Gasteiger partial charge in [0.1, 0.15) is 0 Å². The van der Waals surface area contributed by atoms with E-state index in [0.29, 0.717) is 35.2 Å². The van der Waals surface area contributed by atoms with Gasteiger partial charge in [0, 0.05) is 35.5 Å². The average Bonchev–Trinajstić information content (AvgIpc) is 3.14. The smallest absolute Gasteiger partial charge is 0.248 e. The number of primary amides is 1. The van der Waals surface area contributed by atoms with Gasteiger partial charge in [-0.05, 0) is 42.0 Å². The summed E-state index contributed by atoms with van der Waals surface area (Å²) in [7, 11) is 0. The summed E-state index contributed by atoms with van der Waals surface area (Å²) in [5, 5.41) is 3.48. The molecule has 27 heavy (non-hydrogen) atoms. The van der Waals surface area contributed by atoms with E-state index in [4.69, 9.17) is 21.8 Å². The highest BCUT2D eigenvalue weighted by atomic mass is 35.5. The van der Waals surface area contributed by atoms with Crippen LogP contribution in [0.2, 0.25) is 5.02 Å². The van der Waals surface area contributed by atoms with Gasteiger partial charge in [0.05, 0.1) is 6.20 Å². The van der Waals surface area contributed by atoms with Crippen LogP contribution in [-0.2, 0) is 17.8 Å². The van der Waals surface area contributed by atoms with Crippen LogP contribution in [0.1, 0.15) is 28.2 Å². The van der Waals surface area contributed by atoms with Crippen molar-refractivity contribution in [3.63, 3.8) is 0 Å². The van der Waals surface area contributed by atoms with Crippen LogP contribution in [0.15, 0.2) is 59.1 Å². The van der Waals surface area contributed by atoms with E-state index in [9.17, 15) is 9.59 Å². The Balaban J connectivity index is 1.48. The third-order valence-electron chi connectivity index (χ3n) is 3.98. The number of hydrogen-bond donors (Lipinski definition) is 2. The zero-order chi connectivity index (χ0) is 19.2. The summed E-state index contributed by atoms with van der Waals surface area (Å²) in [6.07, 6.45) is 2.30. The average molecular weight is 384 g/mol.